The summed E-state index contributed by atoms with van der Waals surface area (Å²) in [7, 11) is 1.77. The quantitative estimate of drug-likeness (QED) is 0.649. The molecule has 1 aromatic heterocycles. The van der Waals surface area contributed by atoms with Crippen LogP contribution in [-0.4, -0.2) is 48.4 Å². The molecule has 1 unspecified atom stereocenters. The van der Waals surface area contributed by atoms with Crippen molar-refractivity contribution in [2.75, 3.05) is 25.6 Å². The number of carbonyl (C=O) groups is 2. The number of carbonyl (C=O) groups excluding carboxylic acids is 2. The molecule has 0 fully saturated rings. The highest BCUT2D eigenvalue weighted by Crippen LogP contribution is 2.12. The summed E-state index contributed by atoms with van der Waals surface area (Å²) in [6.07, 6.45) is 4.76. The van der Waals surface area contributed by atoms with Gasteiger partial charge in [0.05, 0.1) is 6.26 Å². The second-order valence-electron chi connectivity index (χ2n) is 5.92. The topological polar surface area (TPSA) is 62.6 Å². The third-order valence-electron chi connectivity index (χ3n) is 3.98. The molecule has 0 spiro atoms. The molecule has 1 heterocycles. The van der Waals surface area contributed by atoms with Crippen molar-refractivity contribution in [3.63, 3.8) is 0 Å². The molecule has 1 atom stereocenters. The average Bonchev–Trinajstić information content (AvgIpc) is 3.18. The van der Waals surface area contributed by atoms with Gasteiger partial charge in [-0.3, -0.25) is 9.59 Å². The molecule has 140 valence electrons. The van der Waals surface area contributed by atoms with Gasteiger partial charge in [-0.2, -0.15) is 11.8 Å². The van der Waals surface area contributed by atoms with Crippen LogP contribution >= 0.6 is 27.7 Å². The summed E-state index contributed by atoms with van der Waals surface area (Å²) in [6.45, 7) is 0.590. The smallest absolute Gasteiger partial charge is 0.287 e. The summed E-state index contributed by atoms with van der Waals surface area (Å²) in [5, 5.41) is 2.80. The molecule has 0 saturated heterocycles. The third kappa shape index (κ3) is 6.21. The summed E-state index contributed by atoms with van der Waals surface area (Å²) in [5.74, 6) is 0.548. The van der Waals surface area contributed by atoms with E-state index in [9.17, 15) is 9.59 Å². The van der Waals surface area contributed by atoms with Gasteiger partial charge >= 0.3 is 0 Å². The molecule has 0 aliphatic heterocycles. The largest absolute Gasteiger partial charge is 0.459 e. The van der Waals surface area contributed by atoms with Crippen molar-refractivity contribution < 1.29 is 14.0 Å². The molecule has 5 nitrogen and oxygen atoms in total. The minimum Gasteiger partial charge on any atom is -0.459 e. The van der Waals surface area contributed by atoms with Crippen molar-refractivity contribution in [2.24, 2.45) is 0 Å². The Bertz CT molecular complexity index is 704. The predicted molar refractivity (Wildman–Crippen MR) is 108 cm³/mol. The second kappa shape index (κ2) is 10.4. The molecule has 1 aromatic carbocycles. The van der Waals surface area contributed by atoms with E-state index in [2.05, 4.69) is 21.2 Å². The molecule has 26 heavy (non-hydrogen) atoms. The zero-order valence-corrected chi connectivity index (χ0v) is 17.3. The van der Waals surface area contributed by atoms with Crippen LogP contribution in [-0.2, 0) is 11.2 Å². The van der Waals surface area contributed by atoms with Crippen LogP contribution in [0.2, 0.25) is 0 Å². The number of likely N-dealkylation sites (N-methyl/N-ethyl adjacent to an activating group) is 1. The first-order valence-corrected chi connectivity index (χ1v) is 10.5. The van der Waals surface area contributed by atoms with E-state index in [-0.39, 0.29) is 17.6 Å². The summed E-state index contributed by atoms with van der Waals surface area (Å²) in [6, 6.07) is 10.7. The normalized spacial score (nSPS) is 11.8. The van der Waals surface area contributed by atoms with Crippen LogP contribution in [0.5, 0.6) is 0 Å². The Hall–Kier alpha value is -1.73. The monoisotopic (exact) mass is 438 g/mol. The van der Waals surface area contributed by atoms with Crippen LogP contribution in [0.15, 0.2) is 51.6 Å². The van der Waals surface area contributed by atoms with Crippen molar-refractivity contribution in [2.45, 2.75) is 18.9 Å². The Kier molecular flexibility index (Phi) is 8.25. The Morgan fingerprint density at radius 1 is 1.27 bits per heavy atom. The van der Waals surface area contributed by atoms with Gasteiger partial charge in [0.2, 0.25) is 5.91 Å². The van der Waals surface area contributed by atoms with Crippen LogP contribution in [0.25, 0.3) is 0 Å². The molecular weight excluding hydrogens is 416 g/mol. The lowest BCUT2D eigenvalue weighted by Crippen LogP contribution is -2.48. The van der Waals surface area contributed by atoms with Crippen LogP contribution in [0.1, 0.15) is 22.5 Å². The minimum absolute atomic E-state index is 0.0870. The number of hydrogen-bond donors (Lipinski definition) is 1. The standard InChI is InChI=1S/C19H23BrN2O3S/c1-22(11-9-14-5-7-15(20)8-6-14)19(24)16(10-13-26-2)21-18(23)17-4-3-12-25-17/h3-8,12,16H,9-11,13H2,1-2H3,(H,21,23). The summed E-state index contributed by atoms with van der Waals surface area (Å²) < 4.78 is 6.14. The highest BCUT2D eigenvalue weighted by molar-refractivity contribution is 9.10. The van der Waals surface area contributed by atoms with Gasteiger partial charge in [0.15, 0.2) is 5.76 Å². The zero-order valence-electron chi connectivity index (χ0n) is 14.9. The van der Waals surface area contributed by atoms with Gasteiger partial charge in [0.1, 0.15) is 6.04 Å². The van der Waals surface area contributed by atoms with E-state index in [4.69, 9.17) is 4.42 Å². The van der Waals surface area contributed by atoms with Gasteiger partial charge < -0.3 is 14.6 Å². The van der Waals surface area contributed by atoms with E-state index in [1.54, 1.807) is 35.8 Å². The number of rotatable bonds is 9. The fourth-order valence-electron chi connectivity index (χ4n) is 2.45. The molecule has 2 amide bonds. The number of nitrogens with zero attached hydrogens (tertiary/aromatic N) is 1. The van der Waals surface area contributed by atoms with Gasteiger partial charge in [-0.15, -0.1) is 0 Å². The predicted octanol–water partition coefficient (Wildman–Crippen LogP) is 3.59. The first kappa shape index (κ1) is 20.6. The molecule has 7 heteroatoms. The first-order valence-electron chi connectivity index (χ1n) is 8.34. The molecule has 0 radical (unpaired) electrons. The van der Waals surface area contributed by atoms with E-state index in [1.165, 1.54) is 6.26 Å². The summed E-state index contributed by atoms with van der Waals surface area (Å²) in [5.41, 5.74) is 1.16. The zero-order chi connectivity index (χ0) is 18.9. The van der Waals surface area contributed by atoms with Gasteiger partial charge in [-0.1, -0.05) is 28.1 Å². The van der Waals surface area contributed by atoms with E-state index in [0.29, 0.717) is 13.0 Å². The molecule has 2 rings (SSSR count). The Morgan fingerprint density at radius 3 is 2.62 bits per heavy atom. The first-order chi connectivity index (χ1) is 12.5. The highest BCUT2D eigenvalue weighted by Gasteiger charge is 2.24. The fourth-order valence-corrected chi connectivity index (χ4v) is 3.19. The number of thioether (sulfide) groups is 1. The molecule has 0 aliphatic rings. The average molecular weight is 439 g/mol. The number of halogens is 1. The van der Waals surface area contributed by atoms with Crippen molar-refractivity contribution in [3.8, 4) is 0 Å². The number of nitrogens with one attached hydrogen (secondary N) is 1. The number of furan rings is 1. The van der Waals surface area contributed by atoms with Gasteiger partial charge in [-0.05, 0) is 54.7 Å². The second-order valence-corrected chi connectivity index (χ2v) is 7.82. The van der Waals surface area contributed by atoms with Crippen molar-refractivity contribution >= 4 is 39.5 Å². The molecule has 1 N–H and O–H groups in total. The molecule has 0 aliphatic carbocycles. The lowest BCUT2D eigenvalue weighted by atomic mass is 10.1. The maximum Gasteiger partial charge on any atom is 0.287 e. The third-order valence-corrected chi connectivity index (χ3v) is 5.16. The van der Waals surface area contributed by atoms with Gasteiger partial charge in [0.25, 0.3) is 5.91 Å². The van der Waals surface area contributed by atoms with Crippen LogP contribution in [0, 0.1) is 0 Å². The maximum absolute atomic E-state index is 12.8. The SMILES string of the molecule is CSCCC(NC(=O)c1ccco1)C(=O)N(C)CCc1ccc(Br)cc1. The highest BCUT2D eigenvalue weighted by atomic mass is 79.9. The Balaban J connectivity index is 1.95. The lowest BCUT2D eigenvalue weighted by molar-refractivity contribution is -0.131. The van der Waals surface area contributed by atoms with Gasteiger partial charge in [-0.25, -0.2) is 0 Å². The van der Waals surface area contributed by atoms with E-state index in [1.807, 2.05) is 30.5 Å². The van der Waals surface area contributed by atoms with Crippen molar-refractivity contribution in [3.05, 3.63) is 58.5 Å². The van der Waals surface area contributed by atoms with E-state index in [0.717, 1.165) is 22.2 Å². The van der Waals surface area contributed by atoms with E-state index >= 15 is 0 Å². The summed E-state index contributed by atoms with van der Waals surface area (Å²) in [4.78, 5) is 26.7. The Labute approximate surface area is 166 Å². The van der Waals surface area contributed by atoms with Crippen LogP contribution in [0.3, 0.4) is 0 Å². The fraction of sp³-hybridized carbons (Fsp3) is 0.368. The minimum atomic E-state index is -0.560. The van der Waals surface area contributed by atoms with Crippen LogP contribution < -0.4 is 5.32 Å². The number of hydrogen-bond acceptors (Lipinski definition) is 4. The van der Waals surface area contributed by atoms with Crippen molar-refractivity contribution in [1.29, 1.82) is 0 Å². The molecular formula is C19H23BrN2O3S. The van der Waals surface area contributed by atoms with Crippen LogP contribution in [0.4, 0.5) is 0 Å². The van der Waals surface area contributed by atoms with E-state index < -0.39 is 6.04 Å². The number of amides is 2. The lowest BCUT2D eigenvalue weighted by Gasteiger charge is -2.24. The maximum atomic E-state index is 12.8. The van der Waals surface area contributed by atoms with Crippen molar-refractivity contribution in [1.82, 2.24) is 10.2 Å². The molecule has 0 saturated carbocycles. The summed E-state index contributed by atoms with van der Waals surface area (Å²) >= 11 is 5.06. The molecule has 0 bridgehead atoms. The Morgan fingerprint density at radius 2 is 2.00 bits per heavy atom. The van der Waals surface area contributed by atoms with Gasteiger partial charge in [0, 0.05) is 18.1 Å². The number of benzene rings is 1. The molecule has 2 aromatic rings.